The second-order valence-corrected chi connectivity index (χ2v) is 10.8. The minimum atomic E-state index is -9.84. The quantitative estimate of drug-likeness (QED) is 0.340. The Bertz CT molecular complexity index is 1160. The predicted molar refractivity (Wildman–Crippen MR) is 106 cm³/mol. The van der Waals surface area contributed by atoms with E-state index in [0.717, 1.165) is 24.5 Å². The second kappa shape index (κ2) is 6.57. The average molecular weight is 472 g/mol. The van der Waals surface area contributed by atoms with Crippen LogP contribution in [0, 0.1) is 6.92 Å². The first-order valence-corrected chi connectivity index (χ1v) is 11.7. The Morgan fingerprint density at radius 3 is 2.00 bits per heavy atom. The number of anilines is 2. The molecule has 0 aliphatic rings. The van der Waals surface area contributed by atoms with Gasteiger partial charge in [0.05, 0.1) is 10.6 Å². The van der Waals surface area contributed by atoms with Gasteiger partial charge in [-0.25, -0.2) is 8.42 Å². The van der Waals surface area contributed by atoms with Gasteiger partial charge < -0.3 is 16.8 Å². The number of carbonyl (C=O) groups excluding carboxylic acids is 1. The van der Waals surface area contributed by atoms with Gasteiger partial charge in [-0.3, -0.25) is 4.79 Å². The summed E-state index contributed by atoms with van der Waals surface area (Å²) in [6.45, 7) is 1.45. The number of guanidine groups is 1. The zero-order valence-electron chi connectivity index (χ0n) is 15.5. The van der Waals surface area contributed by atoms with Crippen LogP contribution in [0.5, 0.6) is 0 Å². The number of aliphatic imine (C=N–C) groups is 1. The lowest BCUT2D eigenvalue weighted by molar-refractivity contribution is 0.100. The molecular weight excluding hydrogens is 455 g/mol. The number of halogens is 5. The van der Waals surface area contributed by atoms with Crippen LogP contribution in [0.25, 0.3) is 0 Å². The van der Waals surface area contributed by atoms with E-state index in [1.54, 1.807) is 0 Å². The molecule has 5 N–H and O–H groups in total. The predicted octanol–water partition coefficient (Wildman–Crippen LogP) is 4.21. The van der Waals surface area contributed by atoms with Crippen LogP contribution >= 0.6 is 10.2 Å². The summed E-state index contributed by atoms with van der Waals surface area (Å²) in [5, 5.41) is 2.56. The van der Waals surface area contributed by atoms with Crippen LogP contribution in [0.3, 0.4) is 0 Å². The van der Waals surface area contributed by atoms with Crippen molar-refractivity contribution in [1.29, 1.82) is 0 Å². The number of amides is 1. The van der Waals surface area contributed by atoms with E-state index in [0.29, 0.717) is 0 Å². The van der Waals surface area contributed by atoms with Crippen LogP contribution in [0.1, 0.15) is 15.9 Å². The van der Waals surface area contributed by atoms with Crippen molar-refractivity contribution in [1.82, 2.24) is 0 Å². The molecule has 0 saturated heterocycles. The van der Waals surface area contributed by atoms with Crippen molar-refractivity contribution in [3.63, 3.8) is 0 Å². The highest BCUT2D eigenvalue weighted by Crippen LogP contribution is 3.02. The zero-order valence-corrected chi connectivity index (χ0v) is 17.1. The molecule has 2 aromatic rings. The van der Waals surface area contributed by atoms with Crippen molar-refractivity contribution in [3.05, 3.63) is 47.5 Å². The highest BCUT2D eigenvalue weighted by atomic mass is 32.5. The van der Waals surface area contributed by atoms with Gasteiger partial charge in [-0.05, 0) is 48.9 Å². The molecule has 0 aromatic heterocycles. The maximum atomic E-state index is 12.8. The molecule has 166 valence electrons. The smallest absolute Gasteiger partial charge is 0.310 e. The maximum absolute atomic E-state index is 12.8. The summed E-state index contributed by atoms with van der Waals surface area (Å²) in [6, 6.07) is 4.08. The van der Waals surface area contributed by atoms with E-state index in [9.17, 15) is 32.6 Å². The third-order valence-electron chi connectivity index (χ3n) is 3.77. The van der Waals surface area contributed by atoms with Crippen LogP contribution in [-0.4, -0.2) is 26.5 Å². The molecule has 0 heterocycles. The Balaban J connectivity index is 2.54. The first kappa shape index (κ1) is 23.4. The van der Waals surface area contributed by atoms with Crippen LogP contribution in [0.15, 0.2) is 51.2 Å². The number of nitrogens with zero attached hydrogens (tertiary/aromatic N) is 1. The summed E-state index contributed by atoms with van der Waals surface area (Å²) < 4.78 is 88.4. The summed E-state index contributed by atoms with van der Waals surface area (Å²) in [5.74, 6) is -1.43. The fourth-order valence-corrected chi connectivity index (χ4v) is 3.94. The Labute approximate surface area is 168 Å². The normalized spacial score (nSPS) is 14.4. The van der Waals surface area contributed by atoms with Gasteiger partial charge in [0.1, 0.15) is 4.90 Å². The van der Waals surface area contributed by atoms with Crippen LogP contribution < -0.4 is 16.8 Å². The van der Waals surface area contributed by atoms with Crippen LogP contribution in [-0.2, 0) is 9.84 Å². The van der Waals surface area contributed by atoms with Crippen molar-refractivity contribution >= 4 is 43.3 Å². The van der Waals surface area contributed by atoms with Crippen molar-refractivity contribution in [2.45, 2.75) is 16.7 Å². The second-order valence-electron chi connectivity index (χ2n) is 6.40. The van der Waals surface area contributed by atoms with Gasteiger partial charge in [0.25, 0.3) is 5.91 Å². The third kappa shape index (κ3) is 5.60. The number of rotatable bonds is 5. The largest absolute Gasteiger partial charge is 0.370 e. The molecular formula is C16H17F5N4O3S2. The van der Waals surface area contributed by atoms with Gasteiger partial charge in [-0.1, -0.05) is 19.4 Å². The Morgan fingerprint density at radius 2 is 1.57 bits per heavy atom. The number of nitrogens with one attached hydrogen (secondary N) is 1. The number of hydrogen-bond donors (Lipinski definition) is 3. The number of sulfone groups is 1. The summed E-state index contributed by atoms with van der Waals surface area (Å²) in [4.78, 5) is 13.0. The molecule has 0 aliphatic heterocycles. The molecule has 0 bridgehead atoms. The van der Waals surface area contributed by atoms with E-state index in [1.807, 2.05) is 0 Å². The van der Waals surface area contributed by atoms with Crippen molar-refractivity contribution in [3.8, 4) is 0 Å². The van der Waals surface area contributed by atoms with E-state index in [2.05, 4.69) is 10.3 Å². The van der Waals surface area contributed by atoms with Gasteiger partial charge in [0.15, 0.2) is 15.8 Å². The van der Waals surface area contributed by atoms with Gasteiger partial charge in [0.2, 0.25) is 0 Å². The summed E-state index contributed by atoms with van der Waals surface area (Å²) >= 11 is 0. The van der Waals surface area contributed by atoms with E-state index in [1.165, 1.54) is 13.0 Å². The summed E-state index contributed by atoms with van der Waals surface area (Å²) in [5.41, 5.74) is 10.2. The molecule has 14 heteroatoms. The molecule has 2 aromatic carbocycles. The lowest BCUT2D eigenvalue weighted by atomic mass is 10.1. The SMILES string of the molecule is Cc1cc(Nc2ccc(S(F)(F)(F)(F)F)cc2)c(S(C)(=O)=O)cc1C(=O)N=C(N)N. The fraction of sp³-hybridized carbons (Fsp3) is 0.125. The van der Waals surface area contributed by atoms with E-state index >= 15 is 0 Å². The topological polar surface area (TPSA) is 128 Å². The molecule has 0 radical (unpaired) electrons. The average Bonchev–Trinajstić information content (AvgIpc) is 2.51. The Kier molecular flexibility index (Phi) is 5.12. The Morgan fingerprint density at radius 1 is 1.03 bits per heavy atom. The first-order valence-electron chi connectivity index (χ1n) is 7.88. The number of aryl methyl sites for hydroxylation is 1. The Hall–Kier alpha value is -2.87. The van der Waals surface area contributed by atoms with Gasteiger partial charge >= 0.3 is 10.2 Å². The minimum absolute atomic E-state index is 0.0867. The zero-order chi connectivity index (χ0) is 23.2. The van der Waals surface area contributed by atoms with Crippen LogP contribution in [0.4, 0.5) is 30.8 Å². The fourth-order valence-electron chi connectivity index (χ4n) is 2.45. The van der Waals surface area contributed by atoms with Crippen LogP contribution in [0.2, 0.25) is 0 Å². The standard InChI is InChI=1S/C16H17F5N4O3S2/c1-9-7-13(14(29(2,27)28)8-12(9)15(26)25-16(22)23)24-10-3-5-11(6-4-10)30(17,18,19,20)21/h3-8,24H,1-2H3,(H4,22,23,25,26). The molecule has 0 fully saturated rings. The molecule has 7 nitrogen and oxygen atoms in total. The molecule has 0 spiro atoms. The van der Waals surface area contributed by atoms with E-state index in [4.69, 9.17) is 11.5 Å². The number of nitrogens with two attached hydrogens (primary N) is 2. The van der Waals surface area contributed by atoms with Gasteiger partial charge in [-0.2, -0.15) is 4.99 Å². The molecule has 1 amide bonds. The number of hydrogen-bond acceptors (Lipinski definition) is 4. The van der Waals surface area contributed by atoms with E-state index in [-0.39, 0.29) is 39.5 Å². The third-order valence-corrected chi connectivity index (χ3v) is 6.07. The highest BCUT2D eigenvalue weighted by Gasteiger charge is 2.65. The molecule has 0 saturated carbocycles. The van der Waals surface area contributed by atoms with Gasteiger partial charge in [-0.15, -0.1) is 0 Å². The first-order chi connectivity index (χ1) is 13.3. The number of benzene rings is 2. The van der Waals surface area contributed by atoms with Crippen molar-refractivity contribution < 1.29 is 32.6 Å². The minimum Gasteiger partial charge on any atom is -0.370 e. The highest BCUT2D eigenvalue weighted by molar-refractivity contribution is 8.45. The lowest BCUT2D eigenvalue weighted by Crippen LogP contribution is -2.24. The summed E-state index contributed by atoms with van der Waals surface area (Å²) in [6.07, 6.45) is 0.842. The van der Waals surface area contributed by atoms with Crippen molar-refractivity contribution in [2.75, 3.05) is 11.6 Å². The lowest BCUT2D eigenvalue weighted by Gasteiger charge is -2.40. The van der Waals surface area contributed by atoms with Crippen molar-refractivity contribution in [2.24, 2.45) is 16.5 Å². The molecule has 30 heavy (non-hydrogen) atoms. The van der Waals surface area contributed by atoms with E-state index < -0.39 is 36.8 Å². The summed E-state index contributed by atoms with van der Waals surface area (Å²) in [7, 11) is -13.8. The molecule has 2 rings (SSSR count). The molecule has 0 unspecified atom stereocenters. The monoisotopic (exact) mass is 472 g/mol. The molecule has 0 atom stereocenters. The number of carbonyl (C=O) groups is 1. The van der Waals surface area contributed by atoms with Gasteiger partial charge in [0, 0.05) is 17.5 Å². The maximum Gasteiger partial charge on any atom is 0.310 e. The molecule has 0 aliphatic carbocycles.